The summed E-state index contributed by atoms with van der Waals surface area (Å²) < 4.78 is 0. The van der Waals surface area contributed by atoms with Crippen molar-refractivity contribution in [1.29, 1.82) is 0 Å². The summed E-state index contributed by atoms with van der Waals surface area (Å²) in [6, 6.07) is -0.112. The molecule has 0 aliphatic rings. The number of aliphatic hydroxyl groups is 1. The predicted octanol–water partition coefficient (Wildman–Crippen LogP) is 6.61. The second-order valence-electron chi connectivity index (χ2n) is 5.41. The van der Waals surface area contributed by atoms with Crippen molar-refractivity contribution in [2.75, 3.05) is 6.61 Å². The van der Waals surface area contributed by atoms with Gasteiger partial charge in [0, 0.05) is 12.5 Å². The van der Waals surface area contributed by atoms with Crippen LogP contribution in [0, 0.1) is 0 Å². The third-order valence-corrected chi connectivity index (χ3v) is 2.17. The normalized spacial score (nSPS) is 8.73. The van der Waals surface area contributed by atoms with Crippen LogP contribution in [0.25, 0.3) is 0 Å². The molecular weight excluding hydrogens is 322 g/mol. The zero-order chi connectivity index (χ0) is 21.6. The van der Waals surface area contributed by atoms with Crippen LogP contribution in [0.5, 0.6) is 0 Å². The second kappa shape index (κ2) is 43.6. The molecule has 1 atom stereocenters. The van der Waals surface area contributed by atoms with Crippen molar-refractivity contribution < 1.29 is 9.90 Å². The van der Waals surface area contributed by atoms with Crippen molar-refractivity contribution >= 4 is 5.91 Å². The lowest BCUT2D eigenvalue weighted by Gasteiger charge is -2.09. The maximum atomic E-state index is 10.8. The molecule has 0 radical (unpaired) electrons. The number of nitrogens with one attached hydrogen (secondary N) is 1. The summed E-state index contributed by atoms with van der Waals surface area (Å²) in [6.45, 7) is 25.3. The van der Waals surface area contributed by atoms with Gasteiger partial charge in [-0.25, -0.2) is 0 Å². The fourth-order valence-corrected chi connectivity index (χ4v) is 1.16. The summed E-state index contributed by atoms with van der Waals surface area (Å²) in [4.78, 5) is 10.8. The maximum Gasteiger partial charge on any atom is 0.220 e. The van der Waals surface area contributed by atoms with Crippen LogP contribution < -0.4 is 5.32 Å². The number of hydrogen-bond donors (Lipinski definition) is 2. The molecule has 2 N–H and O–H groups in total. The van der Waals surface area contributed by atoms with E-state index < -0.39 is 0 Å². The molecule has 0 saturated carbocycles. The van der Waals surface area contributed by atoms with E-state index in [1.54, 1.807) is 25.2 Å². The van der Waals surface area contributed by atoms with Crippen LogP contribution in [0.2, 0.25) is 0 Å². The van der Waals surface area contributed by atoms with E-state index in [1.165, 1.54) is 25.7 Å². The Hall–Kier alpha value is -1.61. The first-order valence-corrected chi connectivity index (χ1v) is 9.59. The van der Waals surface area contributed by atoms with Gasteiger partial charge < -0.3 is 10.4 Å². The van der Waals surface area contributed by atoms with Crippen molar-refractivity contribution in [3.05, 3.63) is 50.6 Å². The third kappa shape index (κ3) is 79.0. The first-order valence-electron chi connectivity index (χ1n) is 9.59. The Kier molecular flexibility index (Phi) is 59.6. The second-order valence-corrected chi connectivity index (χ2v) is 5.41. The number of allylic oxidation sites excluding steroid dienone is 4. The van der Waals surface area contributed by atoms with Crippen LogP contribution in [0.4, 0.5) is 0 Å². The standard InChI is InChI=1S/C7H15NO2.C7H14.3C3H6/c1-3-4-7(10)8-6(2)5-9;1-3-5-7-6-4-2;3*1-3-2/h6,9H,3-5H2,1-2H3,(H,8,10);3H,1,4-7H2,2H3;3*3H,1H2,2H3/t6-;;;;/m1..../s1. The molecule has 0 heterocycles. The molecule has 0 aromatic carbocycles. The molecule has 26 heavy (non-hydrogen) atoms. The molecule has 0 unspecified atom stereocenters. The minimum absolute atomic E-state index is 0.00938. The lowest BCUT2D eigenvalue weighted by molar-refractivity contribution is -0.122. The van der Waals surface area contributed by atoms with Gasteiger partial charge in [-0.15, -0.1) is 26.3 Å². The molecule has 0 aliphatic carbocycles. The van der Waals surface area contributed by atoms with Gasteiger partial charge in [0.05, 0.1) is 6.61 Å². The molecule has 0 aromatic heterocycles. The minimum atomic E-state index is -0.112. The molecule has 0 spiro atoms. The Balaban J connectivity index is -0.0000000797. The summed E-state index contributed by atoms with van der Waals surface area (Å²) in [5.74, 6) is 0.0176. The molecule has 0 aliphatic heterocycles. The van der Waals surface area contributed by atoms with E-state index in [0.29, 0.717) is 6.42 Å². The van der Waals surface area contributed by atoms with E-state index in [4.69, 9.17) is 5.11 Å². The van der Waals surface area contributed by atoms with E-state index >= 15 is 0 Å². The number of carbonyl (C=O) groups excluding carboxylic acids is 1. The molecule has 156 valence electrons. The summed E-state index contributed by atoms with van der Waals surface area (Å²) in [6.07, 6.45) is 13.8. The zero-order valence-electron chi connectivity index (χ0n) is 18.5. The topological polar surface area (TPSA) is 49.3 Å². The summed E-state index contributed by atoms with van der Waals surface area (Å²) >= 11 is 0. The van der Waals surface area contributed by atoms with Crippen molar-refractivity contribution in [3.63, 3.8) is 0 Å². The predicted molar refractivity (Wildman–Crippen MR) is 122 cm³/mol. The highest BCUT2D eigenvalue weighted by atomic mass is 16.3. The van der Waals surface area contributed by atoms with Gasteiger partial charge in [0.1, 0.15) is 0 Å². The number of hydrogen-bond acceptors (Lipinski definition) is 2. The molecule has 0 fully saturated rings. The fourth-order valence-electron chi connectivity index (χ4n) is 1.16. The first kappa shape index (κ1) is 35.5. The molecule has 0 bridgehead atoms. The van der Waals surface area contributed by atoms with Gasteiger partial charge in [-0.05, 0) is 47.0 Å². The number of aliphatic hydroxyl groups excluding tert-OH is 1. The average Bonchev–Trinajstić information content (AvgIpc) is 2.58. The maximum absolute atomic E-state index is 10.8. The lowest BCUT2D eigenvalue weighted by atomic mass is 10.2. The SMILES string of the molecule is C=CC.C=CC.C=CC.C=CCCCCC.CCCC(=O)N[C@H](C)CO. The Bertz CT molecular complexity index is 272. The van der Waals surface area contributed by atoms with Gasteiger partial charge in [0.2, 0.25) is 5.91 Å². The van der Waals surface area contributed by atoms with Crippen LogP contribution in [0.3, 0.4) is 0 Å². The van der Waals surface area contributed by atoms with E-state index in [-0.39, 0.29) is 18.6 Å². The van der Waals surface area contributed by atoms with Crippen LogP contribution in [0.1, 0.15) is 80.1 Å². The quantitative estimate of drug-likeness (QED) is 0.373. The summed E-state index contributed by atoms with van der Waals surface area (Å²) in [7, 11) is 0. The molecule has 3 nitrogen and oxygen atoms in total. The third-order valence-electron chi connectivity index (χ3n) is 2.17. The molecule has 0 aromatic rings. The van der Waals surface area contributed by atoms with Gasteiger partial charge in [0.15, 0.2) is 0 Å². The van der Waals surface area contributed by atoms with E-state index in [0.717, 1.165) is 6.42 Å². The number of carbonyl (C=O) groups is 1. The zero-order valence-corrected chi connectivity index (χ0v) is 18.5. The van der Waals surface area contributed by atoms with Crippen LogP contribution >= 0.6 is 0 Å². The molecule has 0 saturated heterocycles. The molecule has 1 amide bonds. The highest BCUT2D eigenvalue weighted by Gasteiger charge is 2.03. The number of unbranched alkanes of at least 4 members (excludes halogenated alkanes) is 3. The average molecular weight is 370 g/mol. The van der Waals surface area contributed by atoms with Crippen LogP contribution in [-0.2, 0) is 4.79 Å². The highest BCUT2D eigenvalue weighted by Crippen LogP contribution is 1.97. The number of rotatable bonds is 8. The van der Waals surface area contributed by atoms with E-state index in [1.807, 2.05) is 33.8 Å². The van der Waals surface area contributed by atoms with Crippen molar-refractivity contribution in [2.45, 2.75) is 86.1 Å². The Labute approximate surface area is 165 Å². The largest absolute Gasteiger partial charge is 0.394 e. The minimum Gasteiger partial charge on any atom is -0.394 e. The smallest absolute Gasteiger partial charge is 0.220 e. The van der Waals surface area contributed by atoms with E-state index in [2.05, 4.69) is 38.6 Å². The van der Waals surface area contributed by atoms with Gasteiger partial charge >= 0.3 is 0 Å². The lowest BCUT2D eigenvalue weighted by Crippen LogP contribution is -2.34. The van der Waals surface area contributed by atoms with Crippen LogP contribution in [-0.4, -0.2) is 23.7 Å². The van der Waals surface area contributed by atoms with E-state index in [9.17, 15) is 4.79 Å². The highest BCUT2D eigenvalue weighted by molar-refractivity contribution is 5.76. The van der Waals surface area contributed by atoms with Crippen molar-refractivity contribution in [3.8, 4) is 0 Å². The molecular formula is C23H47NO2. The monoisotopic (exact) mass is 369 g/mol. The number of amides is 1. The van der Waals surface area contributed by atoms with Gasteiger partial charge in [-0.2, -0.15) is 0 Å². The Morgan fingerprint density at radius 3 is 1.65 bits per heavy atom. The van der Waals surface area contributed by atoms with Gasteiger partial charge in [-0.3, -0.25) is 4.79 Å². The first-order chi connectivity index (χ1) is 12.4. The van der Waals surface area contributed by atoms with Crippen molar-refractivity contribution in [1.82, 2.24) is 5.32 Å². The summed E-state index contributed by atoms with van der Waals surface area (Å²) in [5.41, 5.74) is 0. The Morgan fingerprint density at radius 1 is 0.962 bits per heavy atom. The van der Waals surface area contributed by atoms with Gasteiger partial charge in [0.25, 0.3) is 0 Å². The molecule has 0 rings (SSSR count). The van der Waals surface area contributed by atoms with Crippen LogP contribution in [0.15, 0.2) is 50.6 Å². The van der Waals surface area contributed by atoms with Gasteiger partial charge in [-0.1, -0.05) is 51.0 Å². The Morgan fingerprint density at radius 2 is 1.38 bits per heavy atom. The van der Waals surface area contributed by atoms with Crippen molar-refractivity contribution in [2.24, 2.45) is 0 Å². The summed E-state index contributed by atoms with van der Waals surface area (Å²) in [5, 5.41) is 11.2. The fraction of sp³-hybridized carbons (Fsp3) is 0.609. The molecule has 3 heteroatoms.